The normalized spacial score (nSPS) is 10.7. The van der Waals surface area contributed by atoms with Crippen LogP contribution in [0.5, 0.6) is 0 Å². The lowest BCUT2D eigenvalue weighted by Gasteiger charge is -2.03. The lowest BCUT2D eigenvalue weighted by molar-refractivity contribution is 0.499. The predicted octanol–water partition coefficient (Wildman–Crippen LogP) is 4.08. The fourth-order valence-electron chi connectivity index (χ4n) is 2.07. The van der Waals surface area contributed by atoms with Gasteiger partial charge >= 0.3 is 0 Å². The number of hydrogen-bond acceptors (Lipinski definition) is 6. The van der Waals surface area contributed by atoms with Gasteiger partial charge in [0.05, 0.1) is 11.6 Å². The second kappa shape index (κ2) is 9.45. The number of benzene rings is 1. The van der Waals surface area contributed by atoms with Gasteiger partial charge in [-0.3, -0.25) is 0 Å². The first-order chi connectivity index (χ1) is 11.6. The van der Waals surface area contributed by atoms with E-state index in [1.807, 2.05) is 19.2 Å². The van der Waals surface area contributed by atoms with Gasteiger partial charge in [0.1, 0.15) is 11.5 Å². The van der Waals surface area contributed by atoms with Crippen LogP contribution in [0.25, 0.3) is 11.3 Å². The van der Waals surface area contributed by atoms with E-state index in [0.29, 0.717) is 22.4 Å². The summed E-state index contributed by atoms with van der Waals surface area (Å²) in [5.41, 5.74) is 0.792. The number of rotatable bonds is 7. The Hall–Kier alpha value is -1.25. The highest BCUT2D eigenvalue weighted by Crippen LogP contribution is 2.31. The Kier molecular flexibility index (Phi) is 7.58. The molecule has 0 atom stereocenters. The number of nitrogens with one attached hydrogen (secondary N) is 1. The second-order valence-electron chi connectivity index (χ2n) is 5.00. The molecule has 0 saturated heterocycles. The largest absolute Gasteiger partial charge is 0.460 e. The van der Waals surface area contributed by atoms with Crippen LogP contribution in [0.3, 0.4) is 0 Å². The van der Waals surface area contributed by atoms with Gasteiger partial charge in [0.25, 0.3) is 0 Å². The van der Waals surface area contributed by atoms with Crippen molar-refractivity contribution in [2.75, 3.05) is 12.3 Å². The number of hydrogen-bond donors (Lipinski definition) is 1. The topological polar surface area (TPSA) is 68.8 Å². The molecule has 0 amide bonds. The van der Waals surface area contributed by atoms with E-state index in [1.54, 1.807) is 34.6 Å². The highest BCUT2D eigenvalue weighted by Gasteiger charge is 2.09. The maximum absolute atomic E-state index is 6.19. The van der Waals surface area contributed by atoms with E-state index in [-0.39, 0.29) is 12.4 Å². The van der Waals surface area contributed by atoms with Crippen molar-refractivity contribution in [1.29, 1.82) is 0 Å². The maximum Gasteiger partial charge on any atom is 0.209 e. The van der Waals surface area contributed by atoms with Crippen LogP contribution in [0.4, 0.5) is 0 Å². The van der Waals surface area contributed by atoms with Crippen LogP contribution in [0.2, 0.25) is 10.0 Å². The summed E-state index contributed by atoms with van der Waals surface area (Å²) in [5.74, 6) is 2.41. The van der Waals surface area contributed by atoms with Gasteiger partial charge in [0.15, 0.2) is 0 Å². The molecule has 0 unspecified atom stereocenters. The number of tetrazole rings is 1. The third-order valence-corrected chi connectivity index (χ3v) is 4.82. The van der Waals surface area contributed by atoms with E-state index in [0.717, 1.165) is 28.8 Å². The predicted molar refractivity (Wildman–Crippen MR) is 103 cm³/mol. The van der Waals surface area contributed by atoms with Crippen molar-refractivity contribution in [1.82, 2.24) is 25.5 Å². The number of furan rings is 1. The van der Waals surface area contributed by atoms with E-state index in [4.69, 9.17) is 27.6 Å². The molecule has 1 N–H and O–H groups in total. The maximum atomic E-state index is 6.19. The highest BCUT2D eigenvalue weighted by molar-refractivity contribution is 7.99. The summed E-state index contributed by atoms with van der Waals surface area (Å²) in [7, 11) is 1.82. The van der Waals surface area contributed by atoms with Crippen LogP contribution < -0.4 is 5.32 Å². The van der Waals surface area contributed by atoms with Crippen LogP contribution in [-0.2, 0) is 13.6 Å². The first-order valence-electron chi connectivity index (χ1n) is 7.23. The van der Waals surface area contributed by atoms with Gasteiger partial charge < -0.3 is 9.73 Å². The second-order valence-corrected chi connectivity index (χ2v) is 6.91. The third-order valence-electron chi connectivity index (χ3n) is 3.25. The summed E-state index contributed by atoms with van der Waals surface area (Å²) >= 11 is 13.8. The van der Waals surface area contributed by atoms with Gasteiger partial charge in [0, 0.05) is 29.9 Å². The van der Waals surface area contributed by atoms with Crippen molar-refractivity contribution in [3.63, 3.8) is 0 Å². The Morgan fingerprint density at radius 3 is 2.84 bits per heavy atom. The summed E-state index contributed by atoms with van der Waals surface area (Å²) in [6.45, 7) is 1.45. The quantitative estimate of drug-likeness (QED) is 0.459. The van der Waals surface area contributed by atoms with E-state index in [2.05, 4.69) is 20.8 Å². The molecular weight excluding hydrogens is 405 g/mol. The Labute approximate surface area is 165 Å². The van der Waals surface area contributed by atoms with Gasteiger partial charge in [0.2, 0.25) is 5.16 Å². The first kappa shape index (κ1) is 20.1. The van der Waals surface area contributed by atoms with E-state index >= 15 is 0 Å². The summed E-state index contributed by atoms with van der Waals surface area (Å²) in [5, 5.41) is 16.7. The van der Waals surface area contributed by atoms with Crippen molar-refractivity contribution in [2.24, 2.45) is 7.05 Å². The number of aromatic nitrogens is 4. The molecule has 0 radical (unpaired) electrons. The minimum absolute atomic E-state index is 0. The van der Waals surface area contributed by atoms with Crippen LogP contribution in [0.1, 0.15) is 5.76 Å². The van der Waals surface area contributed by atoms with E-state index in [9.17, 15) is 0 Å². The summed E-state index contributed by atoms with van der Waals surface area (Å²) in [4.78, 5) is 0. The molecule has 3 rings (SSSR count). The number of nitrogens with zero attached hydrogens (tertiary/aromatic N) is 4. The zero-order valence-electron chi connectivity index (χ0n) is 13.3. The minimum Gasteiger partial charge on any atom is -0.460 e. The van der Waals surface area contributed by atoms with Gasteiger partial charge in [-0.25, -0.2) is 4.68 Å². The van der Waals surface area contributed by atoms with Gasteiger partial charge in [-0.05, 0) is 40.8 Å². The molecule has 6 nitrogen and oxygen atoms in total. The fourth-order valence-corrected chi connectivity index (χ4v) is 3.20. The van der Waals surface area contributed by atoms with Crippen molar-refractivity contribution in [3.8, 4) is 11.3 Å². The highest BCUT2D eigenvalue weighted by atomic mass is 35.5. The molecule has 0 aliphatic carbocycles. The Bertz CT molecular complexity index is 823. The molecule has 0 spiro atoms. The molecule has 0 bridgehead atoms. The molecule has 1 aromatic carbocycles. The summed E-state index contributed by atoms with van der Waals surface area (Å²) in [6.07, 6.45) is 0. The van der Waals surface area contributed by atoms with Crippen LogP contribution in [0, 0.1) is 0 Å². The molecule has 134 valence electrons. The van der Waals surface area contributed by atoms with Crippen molar-refractivity contribution >= 4 is 47.4 Å². The molecule has 3 aromatic rings. The van der Waals surface area contributed by atoms with Crippen LogP contribution >= 0.6 is 47.4 Å². The molecule has 0 aliphatic heterocycles. The lowest BCUT2D eigenvalue weighted by atomic mass is 10.2. The first-order valence-corrected chi connectivity index (χ1v) is 8.97. The SMILES string of the molecule is Cl.Cn1nnnc1SCCNCc1ccc(-c2cc(Cl)ccc2Cl)o1. The standard InChI is InChI=1S/C15H15Cl2N5OS.ClH/c1-22-15(19-20-21-22)24-7-6-18-9-11-3-5-14(23-11)12-8-10(16)2-4-13(12)17;/h2-5,8,18H,6-7,9H2,1H3;1H. The molecular formula is C15H16Cl3N5OS. The molecule has 25 heavy (non-hydrogen) atoms. The van der Waals surface area contributed by atoms with Gasteiger partial charge in [-0.2, -0.15) is 0 Å². The zero-order chi connectivity index (χ0) is 16.9. The molecule has 2 heterocycles. The molecule has 0 aliphatic rings. The molecule has 0 saturated carbocycles. The number of aryl methyl sites for hydroxylation is 1. The fraction of sp³-hybridized carbons (Fsp3) is 0.267. The van der Waals surface area contributed by atoms with E-state index < -0.39 is 0 Å². The molecule has 10 heteroatoms. The number of halogens is 3. The zero-order valence-corrected chi connectivity index (χ0v) is 16.4. The molecule has 2 aromatic heterocycles. The van der Waals surface area contributed by atoms with Crippen molar-refractivity contribution < 1.29 is 4.42 Å². The Morgan fingerprint density at radius 2 is 2.08 bits per heavy atom. The summed E-state index contributed by atoms with van der Waals surface area (Å²) in [6, 6.07) is 9.14. The monoisotopic (exact) mass is 419 g/mol. The smallest absolute Gasteiger partial charge is 0.209 e. The minimum atomic E-state index is 0. The lowest BCUT2D eigenvalue weighted by Crippen LogP contribution is -2.16. The van der Waals surface area contributed by atoms with Crippen LogP contribution in [0.15, 0.2) is 39.9 Å². The van der Waals surface area contributed by atoms with Crippen molar-refractivity contribution in [3.05, 3.63) is 46.1 Å². The average Bonchev–Trinajstić information content (AvgIpc) is 3.19. The number of thioether (sulfide) groups is 1. The van der Waals surface area contributed by atoms with Crippen LogP contribution in [-0.4, -0.2) is 32.5 Å². The van der Waals surface area contributed by atoms with Crippen molar-refractivity contribution in [2.45, 2.75) is 11.7 Å². The average molecular weight is 421 g/mol. The van der Waals surface area contributed by atoms with Gasteiger partial charge in [-0.15, -0.1) is 17.5 Å². The molecule has 0 fully saturated rings. The third kappa shape index (κ3) is 5.36. The Morgan fingerprint density at radius 1 is 1.24 bits per heavy atom. The van der Waals surface area contributed by atoms with Gasteiger partial charge in [-0.1, -0.05) is 35.0 Å². The Balaban J connectivity index is 0.00000225. The van der Waals surface area contributed by atoms with E-state index in [1.165, 1.54) is 0 Å². The summed E-state index contributed by atoms with van der Waals surface area (Å²) < 4.78 is 7.48.